The zero-order valence-electron chi connectivity index (χ0n) is 7.30. The lowest BCUT2D eigenvalue weighted by Crippen LogP contribution is -2.44. The molecule has 0 radical (unpaired) electrons. The first-order chi connectivity index (χ1) is 6.61. The maximum Gasteiger partial charge on any atom is 0.0504 e. The summed E-state index contributed by atoms with van der Waals surface area (Å²) in [6.45, 7) is 0. The van der Waals surface area contributed by atoms with E-state index in [-0.39, 0.29) is 6.42 Å². The zero-order valence-corrected chi connectivity index (χ0v) is 7.30. The largest absolute Gasteiger partial charge is 0.549 e. The van der Waals surface area contributed by atoms with Crippen molar-refractivity contribution in [2.75, 3.05) is 0 Å². The maximum atomic E-state index is 10.4. The van der Waals surface area contributed by atoms with Gasteiger partial charge in [0.05, 0.1) is 11.9 Å². The van der Waals surface area contributed by atoms with Crippen LogP contribution in [0.15, 0.2) is 30.3 Å². The van der Waals surface area contributed by atoms with E-state index in [4.69, 9.17) is 0 Å². The molecular weight excluding hydrogens is 184 g/mol. The average Bonchev–Trinajstić information content (AvgIpc) is 2.15. The van der Waals surface area contributed by atoms with Gasteiger partial charge in [-0.3, -0.25) is 0 Å². The second-order valence-electron chi connectivity index (χ2n) is 2.88. The molecule has 0 amide bonds. The Balaban J connectivity index is 2.75. The van der Waals surface area contributed by atoms with Gasteiger partial charge in [0.2, 0.25) is 0 Å². The van der Waals surface area contributed by atoms with Crippen molar-refractivity contribution < 1.29 is 19.8 Å². The number of rotatable bonds is 4. The van der Waals surface area contributed by atoms with E-state index >= 15 is 0 Å². The van der Waals surface area contributed by atoms with Gasteiger partial charge >= 0.3 is 0 Å². The average molecular weight is 192 g/mol. The van der Waals surface area contributed by atoms with Crippen molar-refractivity contribution in [3.63, 3.8) is 0 Å². The van der Waals surface area contributed by atoms with E-state index in [1.165, 1.54) is 0 Å². The molecule has 0 spiro atoms. The third-order valence-corrected chi connectivity index (χ3v) is 1.85. The molecule has 14 heavy (non-hydrogen) atoms. The van der Waals surface area contributed by atoms with Crippen LogP contribution < -0.4 is 10.2 Å². The molecule has 0 aliphatic carbocycles. The van der Waals surface area contributed by atoms with Crippen molar-refractivity contribution in [2.45, 2.75) is 6.42 Å². The van der Waals surface area contributed by atoms with Crippen LogP contribution in [0.3, 0.4) is 0 Å². The van der Waals surface area contributed by atoms with Gasteiger partial charge in [-0.1, -0.05) is 30.3 Å². The Kier molecular flexibility index (Phi) is 3.23. The van der Waals surface area contributed by atoms with E-state index in [9.17, 15) is 19.8 Å². The molecule has 74 valence electrons. The Hall–Kier alpha value is -1.84. The van der Waals surface area contributed by atoms with Crippen LogP contribution in [0.2, 0.25) is 0 Å². The van der Waals surface area contributed by atoms with Gasteiger partial charge in [0.15, 0.2) is 0 Å². The van der Waals surface area contributed by atoms with Crippen molar-refractivity contribution in [1.29, 1.82) is 0 Å². The van der Waals surface area contributed by atoms with Gasteiger partial charge in [0.1, 0.15) is 0 Å². The molecule has 0 fully saturated rings. The summed E-state index contributed by atoms with van der Waals surface area (Å²) in [4.78, 5) is 20.8. The first-order valence-corrected chi connectivity index (χ1v) is 4.07. The lowest BCUT2D eigenvalue weighted by molar-refractivity contribution is -0.331. The lowest BCUT2D eigenvalue weighted by atomic mass is 10.00. The fourth-order valence-corrected chi connectivity index (χ4v) is 1.11. The summed E-state index contributed by atoms with van der Waals surface area (Å²) in [7, 11) is 0. The van der Waals surface area contributed by atoms with Crippen molar-refractivity contribution in [2.24, 2.45) is 5.92 Å². The summed E-state index contributed by atoms with van der Waals surface area (Å²) in [6, 6.07) is 8.47. The second kappa shape index (κ2) is 4.41. The fourth-order valence-electron chi connectivity index (χ4n) is 1.11. The van der Waals surface area contributed by atoms with Crippen molar-refractivity contribution in [3.8, 4) is 0 Å². The van der Waals surface area contributed by atoms with Crippen molar-refractivity contribution in [3.05, 3.63) is 35.9 Å². The highest BCUT2D eigenvalue weighted by Gasteiger charge is 2.11. The molecule has 0 saturated carbocycles. The molecular formula is C10H8O4-2. The molecule has 0 atom stereocenters. The van der Waals surface area contributed by atoms with Gasteiger partial charge in [-0.15, -0.1) is 0 Å². The Morgan fingerprint density at radius 2 is 1.57 bits per heavy atom. The fraction of sp³-hybridized carbons (Fsp3) is 0.200. The topological polar surface area (TPSA) is 80.3 Å². The highest BCUT2D eigenvalue weighted by atomic mass is 16.4. The molecule has 1 aromatic carbocycles. The quantitative estimate of drug-likeness (QED) is 0.535. The van der Waals surface area contributed by atoms with Crippen LogP contribution in [-0.4, -0.2) is 11.9 Å². The summed E-state index contributed by atoms with van der Waals surface area (Å²) in [6.07, 6.45) is -0.106. The van der Waals surface area contributed by atoms with Gasteiger partial charge in [-0.25, -0.2) is 0 Å². The normalized spacial score (nSPS) is 10.1. The van der Waals surface area contributed by atoms with E-state index in [0.717, 1.165) is 0 Å². The van der Waals surface area contributed by atoms with Gasteiger partial charge in [-0.05, 0) is 12.0 Å². The van der Waals surface area contributed by atoms with Crippen LogP contribution in [0.1, 0.15) is 5.56 Å². The number of carboxylic acid groups (broad SMARTS) is 2. The SMILES string of the molecule is O=C([O-])C(Cc1ccccc1)C(=O)[O-]. The highest BCUT2D eigenvalue weighted by molar-refractivity contribution is 5.91. The minimum atomic E-state index is -1.62. The maximum absolute atomic E-state index is 10.4. The number of carbonyl (C=O) groups is 2. The highest BCUT2D eigenvalue weighted by Crippen LogP contribution is 2.07. The Morgan fingerprint density at radius 1 is 1.07 bits per heavy atom. The zero-order chi connectivity index (χ0) is 10.6. The molecule has 4 nitrogen and oxygen atoms in total. The van der Waals surface area contributed by atoms with E-state index in [0.29, 0.717) is 5.56 Å². The summed E-state index contributed by atoms with van der Waals surface area (Å²) >= 11 is 0. The minimum absolute atomic E-state index is 0.106. The Morgan fingerprint density at radius 3 is 2.00 bits per heavy atom. The Bertz CT molecular complexity index is 317. The second-order valence-corrected chi connectivity index (χ2v) is 2.88. The standard InChI is InChI=1S/C10H10O4/c11-9(12)8(10(13)14)6-7-4-2-1-3-5-7/h1-5,8H,6H2,(H,11,12)(H,13,14)/p-2. The van der Waals surface area contributed by atoms with Crippen LogP contribution in [0.4, 0.5) is 0 Å². The summed E-state index contributed by atoms with van der Waals surface area (Å²) in [5.74, 6) is -4.82. The predicted octanol–water partition coefficient (Wildman–Crippen LogP) is -1.65. The van der Waals surface area contributed by atoms with Crippen LogP contribution in [0, 0.1) is 5.92 Å². The van der Waals surface area contributed by atoms with E-state index in [1.807, 2.05) is 0 Å². The number of carboxylic acids is 2. The van der Waals surface area contributed by atoms with Gasteiger partial charge in [0, 0.05) is 5.92 Å². The van der Waals surface area contributed by atoms with Crippen molar-refractivity contribution >= 4 is 11.9 Å². The molecule has 1 aromatic rings. The third-order valence-electron chi connectivity index (χ3n) is 1.85. The summed E-state index contributed by atoms with van der Waals surface area (Å²) in [5, 5.41) is 20.8. The third kappa shape index (κ3) is 2.58. The van der Waals surface area contributed by atoms with Crippen LogP contribution in [-0.2, 0) is 16.0 Å². The number of benzene rings is 1. The monoisotopic (exact) mass is 192 g/mol. The molecule has 0 N–H and O–H groups in total. The minimum Gasteiger partial charge on any atom is -0.549 e. The molecule has 1 rings (SSSR count). The number of carbonyl (C=O) groups excluding carboxylic acids is 2. The number of hydrogen-bond acceptors (Lipinski definition) is 4. The molecule has 0 aliphatic heterocycles. The molecule has 0 aromatic heterocycles. The first-order valence-electron chi connectivity index (χ1n) is 4.07. The van der Waals surface area contributed by atoms with Gasteiger partial charge in [-0.2, -0.15) is 0 Å². The van der Waals surface area contributed by atoms with Crippen LogP contribution in [0.5, 0.6) is 0 Å². The molecule has 4 heteroatoms. The summed E-state index contributed by atoms with van der Waals surface area (Å²) in [5.41, 5.74) is 0.630. The molecule has 0 aliphatic rings. The molecule has 0 saturated heterocycles. The Labute approximate surface area is 80.8 Å². The predicted molar refractivity (Wildman–Crippen MR) is 43.7 cm³/mol. The smallest absolute Gasteiger partial charge is 0.0504 e. The summed E-state index contributed by atoms with van der Waals surface area (Å²) < 4.78 is 0. The number of hydrogen-bond donors (Lipinski definition) is 0. The van der Waals surface area contributed by atoms with Gasteiger partial charge in [0.25, 0.3) is 0 Å². The number of aliphatic carboxylic acids is 2. The van der Waals surface area contributed by atoms with E-state index in [2.05, 4.69) is 0 Å². The van der Waals surface area contributed by atoms with Crippen LogP contribution in [0.25, 0.3) is 0 Å². The lowest BCUT2D eigenvalue weighted by Gasteiger charge is -2.18. The first kappa shape index (κ1) is 10.2. The van der Waals surface area contributed by atoms with Crippen molar-refractivity contribution in [1.82, 2.24) is 0 Å². The molecule has 0 unspecified atom stereocenters. The molecule has 0 heterocycles. The molecule has 0 bridgehead atoms. The van der Waals surface area contributed by atoms with Crippen LogP contribution >= 0.6 is 0 Å². The van der Waals surface area contributed by atoms with E-state index < -0.39 is 17.9 Å². The van der Waals surface area contributed by atoms with Gasteiger partial charge < -0.3 is 19.8 Å². The van der Waals surface area contributed by atoms with E-state index in [1.54, 1.807) is 30.3 Å².